The Kier molecular flexibility index (Phi) is 7.67. The normalized spacial score (nSPS) is 21.5. The SMILES string of the molecule is CC(C)(C)c1ccc2c(n1)N1CC(CCC(/C=C/c3cccnc3)Nc3cccc(n3)SNC2=O)CC1(C)C. The fourth-order valence-electron chi connectivity index (χ4n) is 5.43. The number of nitrogens with zero attached hydrogens (tertiary/aromatic N) is 4. The molecule has 204 valence electrons. The Labute approximate surface area is 236 Å². The van der Waals surface area contributed by atoms with E-state index in [0.29, 0.717) is 11.5 Å². The fourth-order valence-corrected chi connectivity index (χ4v) is 6.03. The van der Waals surface area contributed by atoms with Gasteiger partial charge in [0.1, 0.15) is 16.7 Å². The summed E-state index contributed by atoms with van der Waals surface area (Å²) in [6.45, 7) is 11.9. The summed E-state index contributed by atoms with van der Waals surface area (Å²) in [6, 6.07) is 13.9. The van der Waals surface area contributed by atoms with Crippen LogP contribution in [-0.4, -0.2) is 39.0 Å². The molecule has 1 saturated heterocycles. The molecule has 0 aliphatic carbocycles. The summed E-state index contributed by atoms with van der Waals surface area (Å²) in [7, 11) is 0. The van der Waals surface area contributed by atoms with Gasteiger partial charge in [-0.05, 0) is 74.9 Å². The lowest BCUT2D eigenvalue weighted by Gasteiger charge is -2.34. The summed E-state index contributed by atoms with van der Waals surface area (Å²) < 4.78 is 3.02. The number of hydrogen-bond acceptors (Lipinski definition) is 7. The zero-order valence-corrected chi connectivity index (χ0v) is 24.3. The summed E-state index contributed by atoms with van der Waals surface area (Å²) in [5.41, 5.74) is 2.42. The third kappa shape index (κ3) is 6.44. The Morgan fingerprint density at radius 3 is 2.69 bits per heavy atom. The van der Waals surface area contributed by atoms with Gasteiger partial charge in [-0.2, -0.15) is 0 Å². The quantitative estimate of drug-likeness (QED) is 0.358. The molecule has 2 aliphatic rings. The highest BCUT2D eigenvalue weighted by atomic mass is 32.2. The molecule has 0 radical (unpaired) electrons. The Morgan fingerprint density at radius 1 is 1.08 bits per heavy atom. The first-order valence-electron chi connectivity index (χ1n) is 13.7. The van der Waals surface area contributed by atoms with Gasteiger partial charge in [-0.1, -0.05) is 45.1 Å². The smallest absolute Gasteiger partial charge is 0.265 e. The lowest BCUT2D eigenvalue weighted by molar-refractivity contribution is 0.0984. The van der Waals surface area contributed by atoms with Crippen LogP contribution in [-0.2, 0) is 5.41 Å². The van der Waals surface area contributed by atoms with Gasteiger partial charge in [0, 0.05) is 53.6 Å². The lowest BCUT2D eigenvalue weighted by atomic mass is 9.90. The highest BCUT2D eigenvalue weighted by Gasteiger charge is 2.41. The van der Waals surface area contributed by atoms with E-state index in [1.54, 1.807) is 6.20 Å². The summed E-state index contributed by atoms with van der Waals surface area (Å²) in [4.78, 5) is 30.0. The first-order chi connectivity index (χ1) is 18.6. The van der Waals surface area contributed by atoms with Gasteiger partial charge in [0.15, 0.2) is 0 Å². The maximum atomic E-state index is 13.5. The molecule has 3 aromatic rings. The van der Waals surface area contributed by atoms with E-state index in [9.17, 15) is 4.79 Å². The summed E-state index contributed by atoms with van der Waals surface area (Å²) in [5.74, 6) is 1.88. The average molecular weight is 543 g/mol. The van der Waals surface area contributed by atoms with Crippen molar-refractivity contribution < 1.29 is 4.79 Å². The molecule has 1 amide bonds. The average Bonchev–Trinajstić information content (AvgIpc) is 3.22. The topological polar surface area (TPSA) is 83.0 Å². The number of amides is 1. The first-order valence-corrected chi connectivity index (χ1v) is 14.5. The molecule has 0 saturated carbocycles. The van der Waals surface area contributed by atoms with E-state index in [-0.39, 0.29) is 22.9 Å². The van der Waals surface area contributed by atoms with Crippen LogP contribution in [0.1, 0.15) is 75.5 Å². The van der Waals surface area contributed by atoms with Crippen LogP contribution >= 0.6 is 11.9 Å². The number of fused-ring (bicyclic) bond motifs is 6. The van der Waals surface area contributed by atoms with E-state index >= 15 is 0 Å². The van der Waals surface area contributed by atoms with Crippen molar-refractivity contribution in [2.45, 2.75) is 75.9 Å². The monoisotopic (exact) mass is 542 g/mol. The van der Waals surface area contributed by atoms with Gasteiger partial charge in [0.05, 0.1) is 5.56 Å². The minimum Gasteiger partial charge on any atom is -0.364 e. The highest BCUT2D eigenvalue weighted by Crippen LogP contribution is 2.40. The summed E-state index contributed by atoms with van der Waals surface area (Å²) in [6.07, 6.45) is 11.0. The predicted molar refractivity (Wildman–Crippen MR) is 160 cm³/mol. The third-order valence-electron chi connectivity index (χ3n) is 7.50. The van der Waals surface area contributed by atoms with Crippen molar-refractivity contribution in [1.82, 2.24) is 19.7 Å². The minimum absolute atomic E-state index is 0.104. The molecular weight excluding hydrogens is 504 g/mol. The molecule has 2 unspecified atom stereocenters. The van der Waals surface area contributed by atoms with Crippen LogP contribution in [0.5, 0.6) is 0 Å². The van der Waals surface area contributed by atoms with Crippen molar-refractivity contribution in [2.75, 3.05) is 16.8 Å². The molecule has 4 bridgehead atoms. The summed E-state index contributed by atoms with van der Waals surface area (Å²) in [5, 5.41) is 4.34. The zero-order chi connectivity index (χ0) is 27.6. The Balaban J connectivity index is 1.51. The van der Waals surface area contributed by atoms with Crippen molar-refractivity contribution in [1.29, 1.82) is 0 Å². The van der Waals surface area contributed by atoms with E-state index in [1.807, 2.05) is 42.6 Å². The van der Waals surface area contributed by atoms with Crippen LogP contribution in [0, 0.1) is 5.92 Å². The maximum Gasteiger partial charge on any atom is 0.265 e. The fraction of sp³-hybridized carbons (Fsp3) is 0.419. The molecule has 1 fully saturated rings. The van der Waals surface area contributed by atoms with Gasteiger partial charge < -0.3 is 10.2 Å². The Hall–Kier alpha value is -3.39. The Bertz CT molecular complexity index is 1350. The van der Waals surface area contributed by atoms with Crippen LogP contribution in [0.2, 0.25) is 0 Å². The van der Waals surface area contributed by atoms with Crippen LogP contribution in [0.4, 0.5) is 11.6 Å². The second-order valence-electron chi connectivity index (χ2n) is 12.2. The lowest BCUT2D eigenvalue weighted by Crippen LogP contribution is -2.40. The molecule has 2 N–H and O–H groups in total. The van der Waals surface area contributed by atoms with Gasteiger partial charge in [-0.3, -0.25) is 14.5 Å². The largest absolute Gasteiger partial charge is 0.364 e. The predicted octanol–water partition coefficient (Wildman–Crippen LogP) is 6.50. The third-order valence-corrected chi connectivity index (χ3v) is 8.22. The van der Waals surface area contributed by atoms with Crippen LogP contribution in [0.15, 0.2) is 66.0 Å². The van der Waals surface area contributed by atoms with Crippen molar-refractivity contribution >= 4 is 35.6 Å². The van der Waals surface area contributed by atoms with Gasteiger partial charge in [-0.15, -0.1) is 0 Å². The van der Waals surface area contributed by atoms with Gasteiger partial charge in [-0.25, -0.2) is 9.97 Å². The second kappa shape index (κ2) is 11.0. The van der Waals surface area contributed by atoms with Gasteiger partial charge >= 0.3 is 0 Å². The molecular formula is C31H38N6OS. The number of carbonyl (C=O) groups is 1. The molecule has 2 atom stereocenters. The molecule has 0 aromatic carbocycles. The van der Waals surface area contributed by atoms with Gasteiger partial charge in [0.2, 0.25) is 0 Å². The van der Waals surface area contributed by atoms with Crippen molar-refractivity contribution in [3.05, 3.63) is 77.8 Å². The second-order valence-corrected chi connectivity index (χ2v) is 13.0. The van der Waals surface area contributed by atoms with Crippen LogP contribution in [0.3, 0.4) is 0 Å². The molecule has 3 aromatic heterocycles. The highest BCUT2D eigenvalue weighted by molar-refractivity contribution is 7.97. The number of hydrogen-bond donors (Lipinski definition) is 2. The molecule has 8 heteroatoms. The number of carbonyl (C=O) groups excluding carboxylic acids is 1. The molecule has 7 nitrogen and oxygen atoms in total. The Morgan fingerprint density at radius 2 is 1.92 bits per heavy atom. The summed E-state index contributed by atoms with van der Waals surface area (Å²) >= 11 is 1.23. The zero-order valence-electron chi connectivity index (χ0n) is 23.4. The maximum absolute atomic E-state index is 13.5. The van der Waals surface area contributed by atoms with E-state index in [4.69, 9.17) is 9.97 Å². The number of pyridine rings is 3. The van der Waals surface area contributed by atoms with Crippen LogP contribution in [0.25, 0.3) is 6.08 Å². The van der Waals surface area contributed by atoms with Crippen molar-refractivity contribution in [2.24, 2.45) is 5.92 Å². The van der Waals surface area contributed by atoms with E-state index in [2.05, 4.69) is 72.8 Å². The van der Waals surface area contributed by atoms with E-state index in [1.165, 1.54) is 11.9 Å². The molecule has 5 rings (SSSR count). The van der Waals surface area contributed by atoms with Gasteiger partial charge in [0.25, 0.3) is 5.91 Å². The van der Waals surface area contributed by atoms with Crippen molar-refractivity contribution in [3.8, 4) is 0 Å². The first kappa shape index (κ1) is 27.2. The molecule has 39 heavy (non-hydrogen) atoms. The number of anilines is 2. The van der Waals surface area contributed by atoms with E-state index < -0.39 is 0 Å². The van der Waals surface area contributed by atoms with Crippen molar-refractivity contribution in [3.63, 3.8) is 0 Å². The molecule has 5 heterocycles. The van der Waals surface area contributed by atoms with Crippen LogP contribution < -0.4 is 14.9 Å². The number of nitrogens with one attached hydrogen (secondary N) is 2. The molecule has 0 spiro atoms. The number of rotatable bonds is 2. The van der Waals surface area contributed by atoms with E-state index in [0.717, 1.165) is 53.7 Å². The standard InChI is InChI=1S/C31H38N6OS/c1-30(2,3)25-16-15-24-28(34-25)37-20-22(18-31(37,4)5)12-14-23(13-11-21-8-7-17-32-19-21)33-26-9-6-10-27(35-26)39-36-29(24)38/h6-11,13,15-17,19,22-23H,12,14,18,20H2,1-5H3,(H,33,35)(H,36,38)/b13-11+. The molecule has 2 aliphatic heterocycles. The number of aromatic nitrogens is 3. The minimum atomic E-state index is -0.158.